The molecule has 0 atom stereocenters. The number of aromatic nitrogens is 1. The van der Waals surface area contributed by atoms with Crippen molar-refractivity contribution in [2.24, 2.45) is 0 Å². The van der Waals surface area contributed by atoms with E-state index in [1.54, 1.807) is 17.4 Å². The number of hydrogen-bond acceptors (Lipinski definition) is 5. The Morgan fingerprint density at radius 1 is 1.21 bits per heavy atom. The van der Waals surface area contributed by atoms with Crippen molar-refractivity contribution in [3.8, 4) is 11.8 Å². The van der Waals surface area contributed by atoms with Crippen molar-refractivity contribution < 1.29 is 9.53 Å². The SMILES string of the molecule is Cc1nc(COc2ccc(/C=C(\C#N)C(=O)NCCc3ccccc3)cc2)cs1. The maximum absolute atomic E-state index is 12.3. The summed E-state index contributed by atoms with van der Waals surface area (Å²) in [5, 5.41) is 15.1. The Bertz CT molecular complexity index is 1020. The van der Waals surface area contributed by atoms with Crippen LogP contribution >= 0.6 is 11.3 Å². The first kappa shape index (κ1) is 20.3. The van der Waals surface area contributed by atoms with Gasteiger partial charge in [0.1, 0.15) is 24.0 Å². The number of benzene rings is 2. The molecule has 146 valence electrons. The number of carbonyl (C=O) groups excluding carboxylic acids is 1. The van der Waals surface area contributed by atoms with Gasteiger partial charge in [0, 0.05) is 11.9 Å². The molecule has 29 heavy (non-hydrogen) atoms. The predicted molar refractivity (Wildman–Crippen MR) is 114 cm³/mol. The summed E-state index contributed by atoms with van der Waals surface area (Å²) < 4.78 is 5.71. The van der Waals surface area contributed by atoms with Gasteiger partial charge in [0.05, 0.1) is 10.7 Å². The van der Waals surface area contributed by atoms with E-state index in [0.29, 0.717) is 18.9 Å². The maximum atomic E-state index is 12.3. The lowest BCUT2D eigenvalue weighted by Gasteiger charge is -2.06. The molecule has 3 rings (SSSR count). The number of thiazole rings is 1. The van der Waals surface area contributed by atoms with Gasteiger partial charge in [-0.3, -0.25) is 4.79 Å². The van der Waals surface area contributed by atoms with E-state index in [-0.39, 0.29) is 11.5 Å². The molecule has 0 unspecified atom stereocenters. The molecule has 6 heteroatoms. The number of amides is 1. The fourth-order valence-corrected chi connectivity index (χ4v) is 3.26. The summed E-state index contributed by atoms with van der Waals surface area (Å²) >= 11 is 1.59. The molecule has 3 aromatic rings. The Morgan fingerprint density at radius 3 is 2.62 bits per heavy atom. The highest BCUT2D eigenvalue weighted by atomic mass is 32.1. The second kappa shape index (κ2) is 10.2. The van der Waals surface area contributed by atoms with Gasteiger partial charge in [-0.1, -0.05) is 42.5 Å². The first-order valence-electron chi connectivity index (χ1n) is 9.22. The van der Waals surface area contributed by atoms with Gasteiger partial charge in [0.15, 0.2) is 0 Å². The zero-order valence-corrected chi connectivity index (χ0v) is 16.9. The summed E-state index contributed by atoms with van der Waals surface area (Å²) in [6.45, 7) is 2.84. The average Bonchev–Trinajstić information content (AvgIpc) is 3.17. The fraction of sp³-hybridized carbons (Fsp3) is 0.174. The summed E-state index contributed by atoms with van der Waals surface area (Å²) in [6, 6.07) is 19.1. The number of rotatable bonds is 8. The minimum atomic E-state index is -0.373. The van der Waals surface area contributed by atoms with Crippen LogP contribution in [-0.4, -0.2) is 17.4 Å². The molecule has 0 aliphatic rings. The number of nitriles is 1. The summed E-state index contributed by atoms with van der Waals surface area (Å²) in [5.74, 6) is 0.335. The second-order valence-corrected chi connectivity index (χ2v) is 7.44. The molecule has 0 saturated carbocycles. The molecule has 0 radical (unpaired) electrons. The Balaban J connectivity index is 1.53. The van der Waals surface area contributed by atoms with E-state index in [2.05, 4.69) is 10.3 Å². The molecule has 5 nitrogen and oxygen atoms in total. The van der Waals surface area contributed by atoms with Gasteiger partial charge in [-0.25, -0.2) is 4.98 Å². The molecule has 2 aromatic carbocycles. The number of nitrogens with one attached hydrogen (secondary N) is 1. The minimum Gasteiger partial charge on any atom is -0.487 e. The highest BCUT2D eigenvalue weighted by Crippen LogP contribution is 2.17. The van der Waals surface area contributed by atoms with Crippen LogP contribution in [0.4, 0.5) is 0 Å². The minimum absolute atomic E-state index is 0.0738. The van der Waals surface area contributed by atoms with Crippen molar-refractivity contribution in [3.63, 3.8) is 0 Å². The Morgan fingerprint density at radius 2 is 1.97 bits per heavy atom. The third-order valence-corrected chi connectivity index (χ3v) is 4.97. The van der Waals surface area contributed by atoms with Crippen LogP contribution in [0.2, 0.25) is 0 Å². The third-order valence-electron chi connectivity index (χ3n) is 4.15. The van der Waals surface area contributed by atoms with Crippen LogP contribution in [0.1, 0.15) is 21.8 Å². The van der Waals surface area contributed by atoms with E-state index >= 15 is 0 Å². The van der Waals surface area contributed by atoms with Crippen LogP contribution < -0.4 is 10.1 Å². The van der Waals surface area contributed by atoms with Gasteiger partial charge >= 0.3 is 0 Å². The highest BCUT2D eigenvalue weighted by Gasteiger charge is 2.08. The summed E-state index contributed by atoms with van der Waals surface area (Å²) in [4.78, 5) is 16.6. The van der Waals surface area contributed by atoms with Crippen molar-refractivity contribution >= 4 is 23.3 Å². The van der Waals surface area contributed by atoms with Crippen molar-refractivity contribution in [2.75, 3.05) is 6.54 Å². The molecule has 1 N–H and O–H groups in total. The molecule has 1 heterocycles. The van der Waals surface area contributed by atoms with Gasteiger partial charge < -0.3 is 10.1 Å². The Kier molecular flexibility index (Phi) is 7.15. The molecule has 0 aliphatic heterocycles. The van der Waals surface area contributed by atoms with E-state index in [0.717, 1.165) is 28.2 Å². The van der Waals surface area contributed by atoms with Crippen LogP contribution in [0, 0.1) is 18.3 Å². The molecule has 1 aromatic heterocycles. The van der Waals surface area contributed by atoms with Crippen molar-refractivity contribution in [1.29, 1.82) is 5.26 Å². The van der Waals surface area contributed by atoms with Crippen LogP contribution in [0.5, 0.6) is 5.75 Å². The van der Waals surface area contributed by atoms with E-state index in [1.807, 2.05) is 73.0 Å². The molecular formula is C23H21N3O2S. The molecule has 1 amide bonds. The topological polar surface area (TPSA) is 75.0 Å². The average molecular weight is 404 g/mol. The van der Waals surface area contributed by atoms with E-state index < -0.39 is 0 Å². The normalized spacial score (nSPS) is 11.0. The summed E-state index contributed by atoms with van der Waals surface area (Å²) in [5.41, 5.74) is 2.87. The van der Waals surface area contributed by atoms with Gasteiger partial charge in [-0.05, 0) is 42.7 Å². The van der Waals surface area contributed by atoms with Gasteiger partial charge in [0.25, 0.3) is 5.91 Å². The molecule has 0 bridgehead atoms. The lowest BCUT2D eigenvalue weighted by atomic mass is 10.1. The van der Waals surface area contributed by atoms with Gasteiger partial charge in [-0.2, -0.15) is 5.26 Å². The molecule has 0 aliphatic carbocycles. The Labute approximate surface area is 174 Å². The molecule has 0 fully saturated rings. The van der Waals surface area contributed by atoms with Crippen molar-refractivity contribution in [1.82, 2.24) is 10.3 Å². The number of ether oxygens (including phenoxy) is 1. The maximum Gasteiger partial charge on any atom is 0.261 e. The first-order chi connectivity index (χ1) is 14.1. The lowest BCUT2D eigenvalue weighted by Crippen LogP contribution is -2.26. The molecule has 0 spiro atoms. The summed E-state index contributed by atoms with van der Waals surface area (Å²) in [7, 11) is 0. The zero-order valence-electron chi connectivity index (χ0n) is 16.1. The monoisotopic (exact) mass is 403 g/mol. The largest absolute Gasteiger partial charge is 0.487 e. The summed E-state index contributed by atoms with van der Waals surface area (Å²) in [6.07, 6.45) is 2.29. The second-order valence-electron chi connectivity index (χ2n) is 6.38. The molecular weight excluding hydrogens is 382 g/mol. The van der Waals surface area contributed by atoms with Crippen LogP contribution in [0.3, 0.4) is 0 Å². The zero-order chi connectivity index (χ0) is 20.5. The fourth-order valence-electron chi connectivity index (χ4n) is 2.67. The quantitative estimate of drug-likeness (QED) is 0.450. The van der Waals surface area contributed by atoms with Crippen LogP contribution in [0.15, 0.2) is 65.6 Å². The first-order valence-corrected chi connectivity index (χ1v) is 10.1. The Hall–Kier alpha value is -3.43. The van der Waals surface area contributed by atoms with Gasteiger partial charge in [0.2, 0.25) is 0 Å². The molecule has 0 saturated heterocycles. The van der Waals surface area contributed by atoms with Crippen LogP contribution in [-0.2, 0) is 17.8 Å². The number of carbonyl (C=O) groups is 1. The van der Waals surface area contributed by atoms with Crippen LogP contribution in [0.25, 0.3) is 6.08 Å². The van der Waals surface area contributed by atoms with Crippen molar-refractivity contribution in [2.45, 2.75) is 20.0 Å². The van der Waals surface area contributed by atoms with E-state index in [9.17, 15) is 10.1 Å². The lowest BCUT2D eigenvalue weighted by molar-refractivity contribution is -0.117. The number of hydrogen-bond donors (Lipinski definition) is 1. The smallest absolute Gasteiger partial charge is 0.261 e. The van der Waals surface area contributed by atoms with Crippen molar-refractivity contribution in [3.05, 3.63) is 87.4 Å². The van der Waals surface area contributed by atoms with Gasteiger partial charge in [-0.15, -0.1) is 11.3 Å². The highest BCUT2D eigenvalue weighted by molar-refractivity contribution is 7.09. The van der Waals surface area contributed by atoms with E-state index in [1.165, 1.54) is 0 Å². The van der Waals surface area contributed by atoms with E-state index in [4.69, 9.17) is 4.74 Å². The third kappa shape index (κ3) is 6.30. The number of aryl methyl sites for hydroxylation is 1. The predicted octanol–water partition coefficient (Wildman–Crippen LogP) is 4.30. The standard InChI is InChI=1S/C23H21N3O2S/c1-17-26-21(16-29-17)15-28-22-9-7-19(8-10-22)13-20(14-24)23(27)25-12-11-18-5-3-2-4-6-18/h2-10,13,16H,11-12,15H2,1H3,(H,25,27)/b20-13+. The number of nitrogens with zero attached hydrogens (tertiary/aromatic N) is 2.